The molecule has 1 aliphatic rings. The van der Waals surface area contributed by atoms with Crippen LogP contribution in [0.25, 0.3) is 0 Å². The summed E-state index contributed by atoms with van der Waals surface area (Å²) in [6.45, 7) is 4.95. The Hall–Kier alpha value is -0.880. The van der Waals surface area contributed by atoms with Crippen molar-refractivity contribution in [1.29, 1.82) is 0 Å². The number of likely N-dealkylation sites (N-methyl/N-ethyl adjacent to an activating group) is 1. The van der Waals surface area contributed by atoms with Gasteiger partial charge in [-0.25, -0.2) is 0 Å². The molecular weight excluding hydrogens is 248 g/mol. The van der Waals surface area contributed by atoms with Crippen molar-refractivity contribution in [3.63, 3.8) is 0 Å². The quantitative estimate of drug-likeness (QED) is 0.738. The van der Waals surface area contributed by atoms with Gasteiger partial charge in [0.1, 0.15) is 0 Å². The Morgan fingerprint density at radius 1 is 1.44 bits per heavy atom. The molecule has 0 aliphatic carbocycles. The number of anilines is 1. The SMILES string of the molecule is CCCCOc1nsnc1N1CCC(N(C)C)C1. The van der Waals surface area contributed by atoms with Crippen molar-refractivity contribution >= 4 is 17.5 Å². The number of unbranched alkanes of at least 4 members (excludes halogenated alkanes) is 1. The van der Waals surface area contributed by atoms with Crippen molar-refractivity contribution in [2.75, 3.05) is 38.7 Å². The van der Waals surface area contributed by atoms with Crippen LogP contribution in [0.15, 0.2) is 0 Å². The molecule has 6 heteroatoms. The van der Waals surface area contributed by atoms with Crippen LogP contribution in [0.1, 0.15) is 26.2 Å². The van der Waals surface area contributed by atoms with Gasteiger partial charge < -0.3 is 14.5 Å². The lowest BCUT2D eigenvalue weighted by molar-refractivity contribution is 0.300. The molecule has 0 bridgehead atoms. The molecule has 1 aromatic rings. The van der Waals surface area contributed by atoms with Crippen LogP contribution in [0.5, 0.6) is 5.88 Å². The molecular formula is C12H22N4OS. The van der Waals surface area contributed by atoms with Gasteiger partial charge in [0, 0.05) is 19.1 Å². The van der Waals surface area contributed by atoms with Crippen molar-refractivity contribution in [3.8, 4) is 5.88 Å². The molecule has 0 aromatic carbocycles. The standard InChI is InChI=1S/C12H22N4OS/c1-4-5-8-17-12-11(13-18-14-12)16-7-6-10(9-16)15(2)3/h10H,4-9H2,1-3H3. The Kier molecular flexibility index (Phi) is 4.77. The Balaban J connectivity index is 1.95. The first-order chi connectivity index (χ1) is 8.72. The van der Waals surface area contributed by atoms with Gasteiger partial charge in [-0.1, -0.05) is 13.3 Å². The topological polar surface area (TPSA) is 41.5 Å². The van der Waals surface area contributed by atoms with Gasteiger partial charge in [0.25, 0.3) is 5.88 Å². The highest BCUT2D eigenvalue weighted by Gasteiger charge is 2.28. The van der Waals surface area contributed by atoms with Crippen LogP contribution in [-0.4, -0.2) is 53.5 Å². The first kappa shape index (κ1) is 13.5. The molecule has 0 radical (unpaired) electrons. The van der Waals surface area contributed by atoms with E-state index in [-0.39, 0.29) is 0 Å². The van der Waals surface area contributed by atoms with Gasteiger partial charge in [0.15, 0.2) is 0 Å². The minimum Gasteiger partial charge on any atom is -0.474 e. The van der Waals surface area contributed by atoms with E-state index < -0.39 is 0 Å². The van der Waals surface area contributed by atoms with E-state index >= 15 is 0 Å². The molecule has 0 amide bonds. The molecule has 1 fully saturated rings. The molecule has 1 aromatic heterocycles. The summed E-state index contributed by atoms with van der Waals surface area (Å²) in [5, 5.41) is 0. The first-order valence-electron chi connectivity index (χ1n) is 6.59. The summed E-state index contributed by atoms with van der Waals surface area (Å²) >= 11 is 1.24. The molecule has 0 spiro atoms. The monoisotopic (exact) mass is 270 g/mol. The minimum atomic E-state index is 0.607. The van der Waals surface area contributed by atoms with E-state index in [1.807, 2.05) is 0 Å². The average molecular weight is 270 g/mol. The van der Waals surface area contributed by atoms with E-state index in [2.05, 4.69) is 39.6 Å². The second kappa shape index (κ2) is 6.33. The van der Waals surface area contributed by atoms with Gasteiger partial charge in [-0.05, 0) is 26.9 Å². The lowest BCUT2D eigenvalue weighted by Crippen LogP contribution is -2.31. The minimum absolute atomic E-state index is 0.607. The van der Waals surface area contributed by atoms with Crippen LogP contribution >= 0.6 is 11.7 Å². The number of nitrogens with zero attached hydrogens (tertiary/aromatic N) is 4. The summed E-state index contributed by atoms with van der Waals surface area (Å²) in [5.41, 5.74) is 0. The fourth-order valence-corrected chi connectivity index (χ4v) is 2.65. The third-order valence-electron chi connectivity index (χ3n) is 3.37. The van der Waals surface area contributed by atoms with Gasteiger partial charge >= 0.3 is 0 Å². The summed E-state index contributed by atoms with van der Waals surface area (Å²) in [4.78, 5) is 4.56. The third kappa shape index (κ3) is 3.11. The van der Waals surface area contributed by atoms with Gasteiger partial charge in [-0.2, -0.15) is 4.37 Å². The average Bonchev–Trinajstić information content (AvgIpc) is 2.96. The molecule has 1 unspecified atom stereocenters. The summed E-state index contributed by atoms with van der Waals surface area (Å²) in [7, 11) is 4.26. The maximum atomic E-state index is 5.71. The smallest absolute Gasteiger partial charge is 0.270 e. The lowest BCUT2D eigenvalue weighted by atomic mass is 10.2. The van der Waals surface area contributed by atoms with Crippen LogP contribution in [0.4, 0.5) is 5.82 Å². The highest BCUT2D eigenvalue weighted by Crippen LogP contribution is 2.29. The van der Waals surface area contributed by atoms with Crippen molar-refractivity contribution < 1.29 is 4.74 Å². The molecule has 0 saturated carbocycles. The largest absolute Gasteiger partial charge is 0.474 e. The highest BCUT2D eigenvalue weighted by molar-refractivity contribution is 6.99. The van der Waals surface area contributed by atoms with Crippen molar-refractivity contribution in [1.82, 2.24) is 13.6 Å². The molecule has 18 heavy (non-hydrogen) atoms. The van der Waals surface area contributed by atoms with E-state index in [1.54, 1.807) is 0 Å². The maximum absolute atomic E-state index is 5.71. The van der Waals surface area contributed by atoms with Crippen LogP contribution in [-0.2, 0) is 0 Å². The summed E-state index contributed by atoms with van der Waals surface area (Å²) < 4.78 is 14.3. The van der Waals surface area contributed by atoms with E-state index in [1.165, 1.54) is 18.1 Å². The van der Waals surface area contributed by atoms with Crippen molar-refractivity contribution in [2.24, 2.45) is 0 Å². The molecule has 1 atom stereocenters. The third-order valence-corrected chi connectivity index (χ3v) is 3.87. The molecule has 102 valence electrons. The predicted octanol–water partition coefficient (Wildman–Crippen LogP) is 1.86. The van der Waals surface area contributed by atoms with Gasteiger partial charge in [-0.3, -0.25) is 0 Å². The number of rotatable bonds is 6. The van der Waals surface area contributed by atoms with Gasteiger partial charge in [0.05, 0.1) is 18.3 Å². The molecule has 5 nitrogen and oxygen atoms in total. The Morgan fingerprint density at radius 2 is 2.28 bits per heavy atom. The summed E-state index contributed by atoms with van der Waals surface area (Å²) in [6.07, 6.45) is 3.38. The number of ether oxygens (including phenoxy) is 1. The van der Waals surface area contributed by atoms with E-state index in [4.69, 9.17) is 4.74 Å². The number of hydrogen-bond acceptors (Lipinski definition) is 6. The fourth-order valence-electron chi connectivity index (χ4n) is 2.13. The van der Waals surface area contributed by atoms with E-state index in [0.717, 1.165) is 38.4 Å². The second-order valence-corrected chi connectivity index (χ2v) is 5.48. The Labute approximate surface area is 113 Å². The Bertz CT molecular complexity index is 369. The zero-order valence-electron chi connectivity index (χ0n) is 11.4. The zero-order valence-corrected chi connectivity index (χ0v) is 12.2. The fraction of sp³-hybridized carbons (Fsp3) is 0.833. The normalized spacial score (nSPS) is 19.8. The molecule has 2 rings (SSSR count). The van der Waals surface area contributed by atoms with Gasteiger partial charge in [0.2, 0.25) is 5.82 Å². The lowest BCUT2D eigenvalue weighted by Gasteiger charge is -2.20. The van der Waals surface area contributed by atoms with Crippen LogP contribution in [0, 0.1) is 0 Å². The highest BCUT2D eigenvalue weighted by atomic mass is 32.1. The van der Waals surface area contributed by atoms with E-state index in [9.17, 15) is 0 Å². The second-order valence-electron chi connectivity index (χ2n) is 4.95. The van der Waals surface area contributed by atoms with Crippen molar-refractivity contribution in [3.05, 3.63) is 0 Å². The van der Waals surface area contributed by atoms with Gasteiger partial charge in [-0.15, -0.1) is 4.37 Å². The molecule has 2 heterocycles. The molecule has 0 N–H and O–H groups in total. The number of aromatic nitrogens is 2. The zero-order chi connectivity index (χ0) is 13.0. The van der Waals surface area contributed by atoms with Crippen LogP contribution < -0.4 is 9.64 Å². The first-order valence-corrected chi connectivity index (χ1v) is 7.32. The Morgan fingerprint density at radius 3 is 2.94 bits per heavy atom. The predicted molar refractivity (Wildman–Crippen MR) is 74.6 cm³/mol. The maximum Gasteiger partial charge on any atom is 0.270 e. The van der Waals surface area contributed by atoms with Crippen LogP contribution in [0.2, 0.25) is 0 Å². The summed E-state index contributed by atoms with van der Waals surface area (Å²) in [5.74, 6) is 1.65. The summed E-state index contributed by atoms with van der Waals surface area (Å²) in [6, 6.07) is 0.607. The molecule has 1 aliphatic heterocycles. The molecule has 1 saturated heterocycles. The van der Waals surface area contributed by atoms with E-state index in [0.29, 0.717) is 11.9 Å². The number of hydrogen-bond donors (Lipinski definition) is 0. The van der Waals surface area contributed by atoms with Crippen molar-refractivity contribution in [2.45, 2.75) is 32.2 Å². The van der Waals surface area contributed by atoms with Crippen LogP contribution in [0.3, 0.4) is 0 Å².